The third-order valence-electron chi connectivity index (χ3n) is 7.28. The molecule has 3 aromatic heterocycles. The zero-order valence-electron chi connectivity index (χ0n) is 23.2. The van der Waals surface area contributed by atoms with E-state index in [0.29, 0.717) is 5.11 Å². The van der Waals surface area contributed by atoms with Crippen LogP contribution in [0.1, 0.15) is 59.7 Å². The van der Waals surface area contributed by atoms with Gasteiger partial charge in [-0.2, -0.15) is 0 Å². The molecule has 0 spiro atoms. The molecule has 0 bridgehead atoms. The van der Waals surface area contributed by atoms with Gasteiger partial charge in [-0.1, -0.05) is 26.0 Å². The number of nitrogens with zero attached hydrogens (tertiary/aromatic N) is 4. The first-order valence-corrected chi connectivity index (χ1v) is 13.6. The highest BCUT2D eigenvalue weighted by Crippen LogP contribution is 2.44. The van der Waals surface area contributed by atoms with Crippen molar-refractivity contribution in [3.8, 4) is 5.82 Å². The second kappa shape index (κ2) is 10.6. The minimum Gasteiger partial charge on any atom is -0.351 e. The van der Waals surface area contributed by atoms with Crippen molar-refractivity contribution in [2.75, 3.05) is 10.2 Å². The largest absolute Gasteiger partial charge is 0.351 e. The van der Waals surface area contributed by atoms with E-state index in [9.17, 15) is 4.79 Å². The van der Waals surface area contributed by atoms with Crippen molar-refractivity contribution in [2.24, 2.45) is 5.92 Å². The quantitative estimate of drug-likeness (QED) is 0.282. The predicted octanol–water partition coefficient (Wildman–Crippen LogP) is 6.27. The molecule has 1 saturated heterocycles. The molecule has 1 aliphatic heterocycles. The van der Waals surface area contributed by atoms with Gasteiger partial charge >= 0.3 is 0 Å². The van der Waals surface area contributed by atoms with E-state index in [4.69, 9.17) is 22.2 Å². The lowest BCUT2D eigenvalue weighted by atomic mass is 9.96. The van der Waals surface area contributed by atoms with Crippen molar-refractivity contribution in [1.29, 1.82) is 0 Å². The second-order valence-corrected chi connectivity index (χ2v) is 10.9. The Morgan fingerprint density at radius 3 is 2.46 bits per heavy atom. The van der Waals surface area contributed by atoms with Crippen LogP contribution in [0.4, 0.5) is 11.4 Å². The Balaban J connectivity index is 1.61. The van der Waals surface area contributed by atoms with Crippen LogP contribution in [0.2, 0.25) is 0 Å². The number of nitrogens with one attached hydrogen (secondary N) is 2. The summed E-state index contributed by atoms with van der Waals surface area (Å²) in [5.41, 5.74) is 8.11. The molecule has 2 N–H and O–H groups in total. The van der Waals surface area contributed by atoms with Crippen molar-refractivity contribution in [1.82, 2.24) is 19.9 Å². The van der Waals surface area contributed by atoms with E-state index < -0.39 is 0 Å². The van der Waals surface area contributed by atoms with Crippen LogP contribution in [-0.2, 0) is 4.79 Å². The zero-order valence-corrected chi connectivity index (χ0v) is 24.0. The van der Waals surface area contributed by atoms with Gasteiger partial charge in [-0.25, -0.2) is 4.98 Å². The monoisotopic (exact) mass is 538 g/mol. The fourth-order valence-corrected chi connectivity index (χ4v) is 5.54. The van der Waals surface area contributed by atoms with E-state index in [0.717, 1.165) is 51.0 Å². The summed E-state index contributed by atoms with van der Waals surface area (Å²) in [6, 6.07) is 18.1. The number of aryl methyl sites for hydroxylation is 3. The van der Waals surface area contributed by atoms with Crippen LogP contribution in [0, 0.1) is 33.6 Å². The number of carbonyl (C=O) groups excluding carboxylic acids is 1. The van der Waals surface area contributed by atoms with E-state index >= 15 is 0 Å². The van der Waals surface area contributed by atoms with Gasteiger partial charge in [0.1, 0.15) is 5.82 Å². The molecule has 0 aliphatic carbocycles. The average molecular weight is 539 g/mol. The number of hydrogen-bond acceptors (Lipinski definition) is 4. The van der Waals surface area contributed by atoms with Crippen LogP contribution in [0.15, 0.2) is 67.0 Å². The van der Waals surface area contributed by atoms with Gasteiger partial charge in [0, 0.05) is 41.1 Å². The van der Waals surface area contributed by atoms with E-state index in [1.165, 1.54) is 0 Å². The molecular weight excluding hydrogens is 504 g/mol. The summed E-state index contributed by atoms with van der Waals surface area (Å²) in [5.74, 6) is 0.785. The van der Waals surface area contributed by atoms with E-state index in [1.54, 1.807) is 0 Å². The summed E-state index contributed by atoms with van der Waals surface area (Å²) >= 11 is 5.95. The Labute approximate surface area is 235 Å². The van der Waals surface area contributed by atoms with Gasteiger partial charge in [0.05, 0.1) is 17.8 Å². The van der Waals surface area contributed by atoms with Gasteiger partial charge in [-0.05, 0) is 99.1 Å². The van der Waals surface area contributed by atoms with Crippen molar-refractivity contribution in [2.45, 2.75) is 53.6 Å². The third-order valence-corrected chi connectivity index (χ3v) is 7.60. The topological polar surface area (TPSA) is 75.1 Å². The third kappa shape index (κ3) is 5.04. The summed E-state index contributed by atoms with van der Waals surface area (Å²) < 4.78 is 2.19. The van der Waals surface area contributed by atoms with Gasteiger partial charge < -0.3 is 20.1 Å². The lowest BCUT2D eigenvalue weighted by Crippen LogP contribution is -2.29. The zero-order chi connectivity index (χ0) is 27.8. The molecule has 0 radical (unpaired) electrons. The molecule has 0 saturated carbocycles. The Morgan fingerprint density at radius 1 is 1.03 bits per heavy atom. The molecule has 1 aliphatic rings. The molecule has 4 aromatic rings. The van der Waals surface area contributed by atoms with Crippen LogP contribution < -0.4 is 15.5 Å². The molecule has 200 valence electrons. The lowest BCUT2D eigenvalue weighted by Gasteiger charge is -2.29. The van der Waals surface area contributed by atoms with Gasteiger partial charge in [-0.3, -0.25) is 9.78 Å². The van der Waals surface area contributed by atoms with E-state index in [1.807, 2.05) is 70.4 Å². The smallest absolute Gasteiger partial charge is 0.226 e. The van der Waals surface area contributed by atoms with E-state index in [-0.39, 0.29) is 23.9 Å². The molecule has 4 heterocycles. The lowest BCUT2D eigenvalue weighted by molar-refractivity contribution is -0.118. The molecule has 39 heavy (non-hydrogen) atoms. The van der Waals surface area contributed by atoms with Gasteiger partial charge in [0.25, 0.3) is 0 Å². The molecule has 7 nitrogen and oxygen atoms in total. The highest BCUT2D eigenvalue weighted by atomic mass is 32.1. The normalized spacial score (nSPS) is 17.0. The summed E-state index contributed by atoms with van der Waals surface area (Å²) in [7, 11) is 0. The highest BCUT2D eigenvalue weighted by Gasteiger charge is 2.42. The van der Waals surface area contributed by atoms with Gasteiger partial charge in [0.2, 0.25) is 5.91 Å². The van der Waals surface area contributed by atoms with Gasteiger partial charge in [0.15, 0.2) is 5.11 Å². The summed E-state index contributed by atoms with van der Waals surface area (Å²) in [4.78, 5) is 23.9. The van der Waals surface area contributed by atoms with Crippen molar-refractivity contribution < 1.29 is 4.79 Å². The number of aromatic nitrogens is 3. The molecule has 2 atom stereocenters. The fourth-order valence-electron chi connectivity index (χ4n) is 5.20. The highest BCUT2D eigenvalue weighted by molar-refractivity contribution is 7.80. The standard InChI is InChI=1S/C31H34N6OS/c1-18(2)30(38)34-25-12-11-23(15-20(25)4)37-29(28(35-31(37)39)26-9-7-8-14-32-26)24-16-21(5)36(22(24)6)27-13-10-19(3)17-33-27/h7-18,28-29H,1-6H3,(H,34,38)(H,35,39)/t28-,29-/m1/s1. The maximum atomic E-state index is 12.3. The first-order valence-electron chi connectivity index (χ1n) is 13.2. The van der Waals surface area contributed by atoms with Crippen LogP contribution >= 0.6 is 12.2 Å². The number of hydrogen-bond donors (Lipinski definition) is 2. The van der Waals surface area contributed by atoms with Crippen LogP contribution in [0.5, 0.6) is 0 Å². The summed E-state index contributed by atoms with van der Waals surface area (Å²) in [5, 5.41) is 7.22. The Bertz CT molecular complexity index is 1530. The number of anilines is 2. The number of rotatable bonds is 6. The predicted molar refractivity (Wildman–Crippen MR) is 160 cm³/mol. The van der Waals surface area contributed by atoms with Crippen LogP contribution in [0.3, 0.4) is 0 Å². The number of benzene rings is 1. The summed E-state index contributed by atoms with van der Waals surface area (Å²) in [6.07, 6.45) is 3.71. The second-order valence-electron chi connectivity index (χ2n) is 10.5. The van der Waals surface area contributed by atoms with Crippen molar-refractivity contribution in [3.05, 3.63) is 101 Å². The first kappa shape index (κ1) is 26.6. The van der Waals surface area contributed by atoms with Crippen LogP contribution in [-0.4, -0.2) is 25.6 Å². The average Bonchev–Trinajstić information content (AvgIpc) is 3.41. The molecule has 1 fully saturated rings. The fraction of sp³-hybridized carbons (Fsp3) is 0.290. The Kier molecular flexibility index (Phi) is 7.23. The SMILES string of the molecule is Cc1ccc(-n2c(C)cc([C@@H]3[C@@H](c4ccccn4)NC(=S)N3c3ccc(NC(=O)C(C)C)c(C)c3)c2C)nc1. The Hall–Kier alpha value is -4.04. The van der Waals surface area contributed by atoms with Crippen molar-refractivity contribution >= 4 is 34.6 Å². The number of pyridine rings is 2. The maximum Gasteiger partial charge on any atom is 0.226 e. The van der Waals surface area contributed by atoms with Crippen LogP contribution in [0.25, 0.3) is 5.82 Å². The Morgan fingerprint density at radius 2 is 1.82 bits per heavy atom. The minimum atomic E-state index is -0.153. The van der Waals surface area contributed by atoms with E-state index in [2.05, 4.69) is 58.2 Å². The molecule has 0 unspecified atom stereocenters. The molecule has 5 rings (SSSR count). The molecule has 8 heteroatoms. The number of carbonyl (C=O) groups is 1. The number of thiocarbonyl (C=S) groups is 1. The summed E-state index contributed by atoms with van der Waals surface area (Å²) in [6.45, 7) is 12.1. The molecule has 1 aromatic carbocycles. The number of amides is 1. The first-order chi connectivity index (χ1) is 18.7. The minimum absolute atomic E-state index is 0.00513. The van der Waals surface area contributed by atoms with Crippen molar-refractivity contribution in [3.63, 3.8) is 0 Å². The molecule has 1 amide bonds. The maximum absolute atomic E-state index is 12.3. The van der Waals surface area contributed by atoms with Gasteiger partial charge in [-0.15, -0.1) is 0 Å². The molecular formula is C31H34N6OS.